The average Bonchev–Trinajstić information content (AvgIpc) is 2.28. The molecule has 1 aromatic carbocycles. The third-order valence-electron chi connectivity index (χ3n) is 2.86. The number of carboxylic acids is 1. The van der Waals surface area contributed by atoms with Crippen LogP contribution < -0.4 is 0 Å². The number of hydrogen-bond acceptors (Lipinski definition) is 1. The standard InChI is InChI=1S/C13H16O2S/c1-5-11-6-8-12(9-7-11)16(3,4)10(2)13(14)15/h1,6-10H,2-4H3,(H,14,15). The summed E-state index contributed by atoms with van der Waals surface area (Å²) in [7, 11) is -1.33. The van der Waals surface area contributed by atoms with Crippen molar-refractivity contribution in [2.45, 2.75) is 17.1 Å². The number of benzene rings is 1. The van der Waals surface area contributed by atoms with E-state index in [0.717, 1.165) is 10.5 Å². The molecule has 0 saturated heterocycles. The zero-order valence-electron chi connectivity index (χ0n) is 9.73. The Morgan fingerprint density at radius 2 is 1.88 bits per heavy atom. The Balaban J connectivity index is 3.07. The Kier molecular flexibility index (Phi) is 3.66. The maximum Gasteiger partial charge on any atom is 0.315 e. The number of terminal acetylenes is 1. The van der Waals surface area contributed by atoms with Crippen molar-refractivity contribution in [3.05, 3.63) is 29.8 Å². The second-order valence-electron chi connectivity index (χ2n) is 4.05. The highest BCUT2D eigenvalue weighted by Crippen LogP contribution is 2.53. The van der Waals surface area contributed by atoms with Crippen LogP contribution in [0.25, 0.3) is 0 Å². The van der Waals surface area contributed by atoms with E-state index in [1.165, 1.54) is 0 Å². The molecule has 0 aliphatic heterocycles. The zero-order chi connectivity index (χ0) is 12.3. The van der Waals surface area contributed by atoms with Gasteiger partial charge in [0.2, 0.25) is 0 Å². The Labute approximate surface area is 98.0 Å². The molecular weight excluding hydrogens is 220 g/mol. The smallest absolute Gasteiger partial charge is 0.315 e. The van der Waals surface area contributed by atoms with Gasteiger partial charge in [0.1, 0.15) is 0 Å². The predicted octanol–water partition coefficient (Wildman–Crippen LogP) is 2.56. The molecular formula is C13H16O2S. The molecule has 1 unspecified atom stereocenters. The van der Waals surface area contributed by atoms with Crippen LogP contribution in [0.5, 0.6) is 0 Å². The molecule has 86 valence electrons. The minimum atomic E-state index is -1.33. The summed E-state index contributed by atoms with van der Waals surface area (Å²) >= 11 is 0. The summed E-state index contributed by atoms with van der Waals surface area (Å²) in [6.07, 6.45) is 9.30. The van der Waals surface area contributed by atoms with E-state index < -0.39 is 16.0 Å². The summed E-state index contributed by atoms with van der Waals surface area (Å²) < 4.78 is 0. The Bertz CT molecular complexity index is 426. The van der Waals surface area contributed by atoms with E-state index in [1.54, 1.807) is 6.92 Å². The molecule has 16 heavy (non-hydrogen) atoms. The van der Waals surface area contributed by atoms with E-state index in [-0.39, 0.29) is 5.25 Å². The molecule has 0 bridgehead atoms. The van der Waals surface area contributed by atoms with E-state index in [9.17, 15) is 4.79 Å². The molecule has 0 spiro atoms. The molecule has 0 radical (unpaired) electrons. The van der Waals surface area contributed by atoms with E-state index in [1.807, 2.05) is 36.8 Å². The van der Waals surface area contributed by atoms with Gasteiger partial charge in [0.25, 0.3) is 0 Å². The van der Waals surface area contributed by atoms with Gasteiger partial charge in [-0.25, -0.2) is 10.0 Å². The van der Waals surface area contributed by atoms with Gasteiger partial charge >= 0.3 is 5.97 Å². The lowest BCUT2D eigenvalue weighted by molar-refractivity contribution is -0.136. The van der Waals surface area contributed by atoms with Crippen molar-refractivity contribution >= 4 is 16.0 Å². The molecule has 1 aromatic rings. The lowest BCUT2D eigenvalue weighted by Crippen LogP contribution is -2.23. The molecule has 0 aromatic heterocycles. The second kappa shape index (κ2) is 4.63. The lowest BCUT2D eigenvalue weighted by Gasteiger charge is -2.35. The van der Waals surface area contributed by atoms with Gasteiger partial charge in [0.05, 0.1) is 5.25 Å². The van der Waals surface area contributed by atoms with Gasteiger partial charge in [-0.2, -0.15) is 0 Å². The summed E-state index contributed by atoms with van der Waals surface area (Å²) in [6, 6.07) is 7.59. The van der Waals surface area contributed by atoms with Crippen molar-refractivity contribution < 1.29 is 9.90 Å². The van der Waals surface area contributed by atoms with Crippen molar-refractivity contribution in [1.82, 2.24) is 0 Å². The predicted molar refractivity (Wildman–Crippen MR) is 69.2 cm³/mol. The first kappa shape index (κ1) is 12.7. The number of aliphatic carboxylic acids is 1. The summed E-state index contributed by atoms with van der Waals surface area (Å²) in [4.78, 5) is 12.1. The summed E-state index contributed by atoms with van der Waals surface area (Å²) in [5.74, 6) is 1.80. The van der Waals surface area contributed by atoms with Crippen LogP contribution in [-0.4, -0.2) is 28.8 Å². The summed E-state index contributed by atoms with van der Waals surface area (Å²) in [6.45, 7) is 1.76. The molecule has 1 rings (SSSR count). The lowest BCUT2D eigenvalue weighted by atomic mass is 10.2. The van der Waals surface area contributed by atoms with Gasteiger partial charge in [-0.3, -0.25) is 4.79 Å². The fraction of sp³-hybridized carbons (Fsp3) is 0.308. The number of rotatable bonds is 3. The van der Waals surface area contributed by atoms with E-state index in [4.69, 9.17) is 11.5 Å². The normalized spacial score (nSPS) is 13.9. The zero-order valence-corrected chi connectivity index (χ0v) is 10.5. The second-order valence-corrected chi connectivity index (χ2v) is 8.04. The van der Waals surface area contributed by atoms with Crippen molar-refractivity contribution in [2.24, 2.45) is 0 Å². The van der Waals surface area contributed by atoms with Crippen LogP contribution in [0.3, 0.4) is 0 Å². The highest BCUT2D eigenvalue weighted by Gasteiger charge is 2.28. The molecule has 0 aliphatic carbocycles. The van der Waals surface area contributed by atoms with E-state index >= 15 is 0 Å². The minimum Gasteiger partial charge on any atom is -0.480 e. The number of carboxylic acid groups (broad SMARTS) is 1. The molecule has 0 fully saturated rings. The Morgan fingerprint density at radius 1 is 1.38 bits per heavy atom. The molecule has 0 aliphatic rings. The molecule has 0 amide bonds. The van der Waals surface area contributed by atoms with Gasteiger partial charge < -0.3 is 5.11 Å². The maximum atomic E-state index is 11.0. The molecule has 2 nitrogen and oxygen atoms in total. The van der Waals surface area contributed by atoms with Gasteiger partial charge in [0, 0.05) is 5.56 Å². The third-order valence-corrected chi connectivity index (χ3v) is 6.32. The highest BCUT2D eigenvalue weighted by molar-refractivity contribution is 8.33. The minimum absolute atomic E-state index is 0.357. The van der Waals surface area contributed by atoms with Crippen molar-refractivity contribution in [3.8, 4) is 12.3 Å². The van der Waals surface area contributed by atoms with Crippen LogP contribution in [0.15, 0.2) is 29.2 Å². The van der Waals surface area contributed by atoms with E-state index in [2.05, 4.69) is 5.92 Å². The molecule has 1 N–H and O–H groups in total. The first-order valence-corrected chi connectivity index (χ1v) is 7.42. The van der Waals surface area contributed by atoms with E-state index in [0.29, 0.717) is 0 Å². The average molecular weight is 236 g/mol. The van der Waals surface area contributed by atoms with Gasteiger partial charge in [-0.15, -0.1) is 6.42 Å². The highest BCUT2D eigenvalue weighted by atomic mass is 32.3. The van der Waals surface area contributed by atoms with Crippen LogP contribution in [0.4, 0.5) is 0 Å². The van der Waals surface area contributed by atoms with Crippen molar-refractivity contribution in [1.29, 1.82) is 0 Å². The van der Waals surface area contributed by atoms with Crippen LogP contribution >= 0.6 is 10.0 Å². The molecule has 0 heterocycles. The quantitative estimate of drug-likeness (QED) is 0.819. The van der Waals surface area contributed by atoms with Gasteiger partial charge in [-0.1, -0.05) is 5.92 Å². The Morgan fingerprint density at radius 3 is 2.25 bits per heavy atom. The maximum absolute atomic E-state index is 11.0. The SMILES string of the molecule is C#Cc1ccc(S(C)(C)C(C)C(=O)O)cc1. The fourth-order valence-corrected chi connectivity index (χ4v) is 3.11. The van der Waals surface area contributed by atoms with Gasteiger partial charge in [0.15, 0.2) is 0 Å². The molecule has 1 atom stereocenters. The van der Waals surface area contributed by atoms with Crippen molar-refractivity contribution in [3.63, 3.8) is 0 Å². The monoisotopic (exact) mass is 236 g/mol. The summed E-state index contributed by atoms with van der Waals surface area (Å²) in [5, 5.41) is 8.71. The van der Waals surface area contributed by atoms with Crippen LogP contribution in [0.1, 0.15) is 12.5 Å². The first-order valence-electron chi connectivity index (χ1n) is 4.91. The van der Waals surface area contributed by atoms with Gasteiger partial charge in [-0.05, 0) is 48.6 Å². The fourth-order valence-electron chi connectivity index (χ4n) is 1.36. The van der Waals surface area contributed by atoms with Crippen LogP contribution in [0, 0.1) is 12.3 Å². The van der Waals surface area contributed by atoms with Crippen LogP contribution in [-0.2, 0) is 4.79 Å². The first-order chi connectivity index (χ1) is 7.39. The largest absolute Gasteiger partial charge is 0.480 e. The topological polar surface area (TPSA) is 37.3 Å². The van der Waals surface area contributed by atoms with Crippen molar-refractivity contribution in [2.75, 3.05) is 12.5 Å². The third kappa shape index (κ3) is 2.40. The summed E-state index contributed by atoms with van der Waals surface area (Å²) in [5.41, 5.74) is 0.821. The molecule has 0 saturated carbocycles. The number of carbonyl (C=O) groups is 1. The Hall–Kier alpha value is -1.40. The number of hydrogen-bond donors (Lipinski definition) is 1. The van der Waals surface area contributed by atoms with Crippen LogP contribution in [0.2, 0.25) is 0 Å². The molecule has 3 heteroatoms.